The predicted octanol–water partition coefficient (Wildman–Crippen LogP) is 3.46. The number of carbonyl (C=O) groups excluding carboxylic acids is 1. The zero-order chi connectivity index (χ0) is 14.9. The Hall–Kier alpha value is -2.04. The van der Waals surface area contributed by atoms with Crippen LogP contribution >= 0.6 is 0 Å². The Morgan fingerprint density at radius 1 is 1.27 bits per heavy atom. The summed E-state index contributed by atoms with van der Waals surface area (Å²) in [7, 11) is 0. The maximum Gasteiger partial charge on any atom is 0.274 e. The molecule has 116 valence electrons. The van der Waals surface area contributed by atoms with Crippen LogP contribution in [0, 0.1) is 5.92 Å². The fourth-order valence-corrected chi connectivity index (χ4v) is 4.01. The molecule has 0 radical (unpaired) electrons. The van der Waals surface area contributed by atoms with Crippen LogP contribution in [0.1, 0.15) is 49.0 Å². The summed E-state index contributed by atoms with van der Waals surface area (Å²) >= 11 is 0. The Balaban J connectivity index is 1.53. The Morgan fingerprint density at radius 3 is 2.91 bits per heavy atom. The minimum Gasteiger partial charge on any atom is -0.463 e. The van der Waals surface area contributed by atoms with E-state index in [0.29, 0.717) is 23.4 Å². The highest BCUT2D eigenvalue weighted by molar-refractivity contribution is 5.93. The second-order valence-corrected chi connectivity index (χ2v) is 6.40. The Kier molecular flexibility index (Phi) is 3.48. The number of H-pyrrole nitrogens is 1. The number of hydrogen-bond acceptors (Lipinski definition) is 3. The van der Waals surface area contributed by atoms with Crippen LogP contribution in [0.4, 0.5) is 0 Å². The summed E-state index contributed by atoms with van der Waals surface area (Å²) in [5, 5.41) is 7.11. The van der Waals surface area contributed by atoms with Gasteiger partial charge in [-0.05, 0) is 43.7 Å². The summed E-state index contributed by atoms with van der Waals surface area (Å²) in [6.45, 7) is 0.864. The first-order chi connectivity index (χ1) is 10.8. The molecule has 1 atom stereocenters. The smallest absolute Gasteiger partial charge is 0.274 e. The summed E-state index contributed by atoms with van der Waals surface area (Å²) in [4.78, 5) is 14.9. The molecule has 0 spiro atoms. The van der Waals surface area contributed by atoms with Gasteiger partial charge in [-0.25, -0.2) is 0 Å². The van der Waals surface area contributed by atoms with Crippen molar-refractivity contribution in [3.05, 3.63) is 30.2 Å². The van der Waals surface area contributed by atoms with Gasteiger partial charge in [-0.1, -0.05) is 12.8 Å². The minimum absolute atomic E-state index is 0.0588. The van der Waals surface area contributed by atoms with Crippen molar-refractivity contribution in [2.75, 3.05) is 6.54 Å². The Bertz CT molecular complexity index is 641. The molecule has 2 aliphatic rings. The van der Waals surface area contributed by atoms with Crippen LogP contribution in [0.3, 0.4) is 0 Å². The van der Waals surface area contributed by atoms with Gasteiger partial charge in [0, 0.05) is 18.7 Å². The van der Waals surface area contributed by atoms with Gasteiger partial charge >= 0.3 is 0 Å². The van der Waals surface area contributed by atoms with Crippen molar-refractivity contribution < 1.29 is 9.21 Å². The summed E-state index contributed by atoms with van der Waals surface area (Å²) in [5.41, 5.74) is 1.25. The average Bonchev–Trinajstić information content (AvgIpc) is 3.35. The van der Waals surface area contributed by atoms with E-state index in [1.807, 2.05) is 12.1 Å². The van der Waals surface area contributed by atoms with Crippen molar-refractivity contribution in [3.63, 3.8) is 0 Å². The highest BCUT2D eigenvalue weighted by Crippen LogP contribution is 2.36. The van der Waals surface area contributed by atoms with E-state index in [0.717, 1.165) is 25.1 Å². The molecule has 1 saturated heterocycles. The van der Waals surface area contributed by atoms with Crippen LogP contribution in [-0.4, -0.2) is 33.6 Å². The van der Waals surface area contributed by atoms with Gasteiger partial charge in [-0.15, -0.1) is 0 Å². The largest absolute Gasteiger partial charge is 0.463 e. The number of carbonyl (C=O) groups is 1. The quantitative estimate of drug-likeness (QED) is 0.944. The van der Waals surface area contributed by atoms with Crippen LogP contribution in [0.2, 0.25) is 0 Å². The molecule has 22 heavy (non-hydrogen) atoms. The number of amides is 1. The van der Waals surface area contributed by atoms with Gasteiger partial charge in [0.15, 0.2) is 11.5 Å². The molecule has 1 amide bonds. The van der Waals surface area contributed by atoms with E-state index >= 15 is 0 Å². The third-order valence-corrected chi connectivity index (χ3v) is 5.09. The van der Waals surface area contributed by atoms with Crippen LogP contribution in [0.15, 0.2) is 28.9 Å². The van der Waals surface area contributed by atoms with Gasteiger partial charge in [0.1, 0.15) is 5.69 Å². The molecule has 1 aliphatic heterocycles. The molecule has 5 nitrogen and oxygen atoms in total. The third kappa shape index (κ3) is 2.34. The lowest BCUT2D eigenvalue weighted by atomic mass is 9.96. The maximum atomic E-state index is 12.8. The number of aromatic nitrogens is 2. The third-order valence-electron chi connectivity index (χ3n) is 5.09. The zero-order valence-corrected chi connectivity index (χ0v) is 12.6. The lowest BCUT2D eigenvalue weighted by molar-refractivity contribution is 0.0683. The normalized spacial score (nSPS) is 22.5. The number of nitrogens with one attached hydrogen (secondary N) is 1. The van der Waals surface area contributed by atoms with E-state index in [2.05, 4.69) is 15.1 Å². The average molecular weight is 299 g/mol. The predicted molar refractivity (Wildman–Crippen MR) is 82.3 cm³/mol. The summed E-state index contributed by atoms with van der Waals surface area (Å²) in [6, 6.07) is 5.90. The van der Waals surface area contributed by atoms with E-state index in [9.17, 15) is 4.79 Å². The molecular weight excluding hydrogens is 278 g/mol. The molecular formula is C17H21N3O2. The van der Waals surface area contributed by atoms with E-state index in [1.54, 1.807) is 12.3 Å². The topological polar surface area (TPSA) is 62.1 Å². The van der Waals surface area contributed by atoms with Crippen LogP contribution in [0.5, 0.6) is 0 Å². The molecule has 2 aromatic heterocycles. The number of likely N-dealkylation sites (tertiary alicyclic amines) is 1. The fraction of sp³-hybridized carbons (Fsp3) is 0.529. The molecule has 3 heterocycles. The van der Waals surface area contributed by atoms with Crippen molar-refractivity contribution in [3.8, 4) is 11.5 Å². The zero-order valence-electron chi connectivity index (χ0n) is 12.6. The first kappa shape index (κ1) is 13.6. The van der Waals surface area contributed by atoms with E-state index in [4.69, 9.17) is 4.42 Å². The second kappa shape index (κ2) is 5.63. The molecule has 0 bridgehead atoms. The first-order valence-electron chi connectivity index (χ1n) is 8.23. The molecule has 0 aromatic carbocycles. The number of aromatic amines is 1. The molecule has 1 unspecified atom stereocenters. The first-order valence-corrected chi connectivity index (χ1v) is 8.23. The number of furan rings is 1. The fourth-order valence-electron chi connectivity index (χ4n) is 4.01. The number of nitrogens with zero attached hydrogens (tertiary/aromatic N) is 2. The van der Waals surface area contributed by atoms with Crippen LogP contribution in [-0.2, 0) is 0 Å². The maximum absolute atomic E-state index is 12.8. The Morgan fingerprint density at radius 2 is 2.14 bits per heavy atom. The molecule has 1 saturated carbocycles. The lowest BCUT2D eigenvalue weighted by Crippen LogP contribution is -2.39. The van der Waals surface area contributed by atoms with Crippen molar-refractivity contribution >= 4 is 5.91 Å². The van der Waals surface area contributed by atoms with Crippen molar-refractivity contribution in [1.82, 2.24) is 15.1 Å². The van der Waals surface area contributed by atoms with Gasteiger partial charge in [-0.2, -0.15) is 5.10 Å². The standard InChI is InChI=1S/C17H21N3O2/c21-17(14-11-13(18-19-14)16-8-4-10-22-16)20-9-3-7-15(20)12-5-1-2-6-12/h4,8,10-12,15H,1-3,5-7,9H2,(H,18,19). The van der Waals surface area contributed by atoms with Crippen molar-refractivity contribution in [2.24, 2.45) is 5.92 Å². The summed E-state index contributed by atoms with van der Waals surface area (Å²) in [5.74, 6) is 1.46. The summed E-state index contributed by atoms with van der Waals surface area (Å²) < 4.78 is 5.34. The lowest BCUT2D eigenvalue weighted by Gasteiger charge is -2.28. The van der Waals surface area contributed by atoms with Crippen LogP contribution in [0.25, 0.3) is 11.5 Å². The van der Waals surface area contributed by atoms with E-state index < -0.39 is 0 Å². The minimum atomic E-state index is 0.0588. The molecule has 5 heteroatoms. The van der Waals surface area contributed by atoms with Crippen molar-refractivity contribution in [2.45, 2.75) is 44.6 Å². The number of hydrogen-bond donors (Lipinski definition) is 1. The highest BCUT2D eigenvalue weighted by atomic mass is 16.3. The molecule has 2 aromatic rings. The van der Waals surface area contributed by atoms with Gasteiger partial charge < -0.3 is 9.32 Å². The van der Waals surface area contributed by atoms with Gasteiger partial charge in [-0.3, -0.25) is 9.89 Å². The molecule has 1 aliphatic carbocycles. The number of rotatable bonds is 3. The monoisotopic (exact) mass is 299 g/mol. The molecule has 1 N–H and O–H groups in total. The van der Waals surface area contributed by atoms with E-state index in [1.165, 1.54) is 25.7 Å². The van der Waals surface area contributed by atoms with Crippen LogP contribution < -0.4 is 0 Å². The second-order valence-electron chi connectivity index (χ2n) is 6.40. The highest BCUT2D eigenvalue weighted by Gasteiger charge is 2.36. The summed E-state index contributed by atoms with van der Waals surface area (Å²) in [6.07, 6.45) is 9.05. The molecule has 2 fully saturated rings. The van der Waals surface area contributed by atoms with Crippen molar-refractivity contribution in [1.29, 1.82) is 0 Å². The SMILES string of the molecule is O=C(c1cc(-c2ccco2)[nH]n1)N1CCCC1C1CCCC1. The van der Waals surface area contributed by atoms with Gasteiger partial charge in [0.2, 0.25) is 0 Å². The Labute approximate surface area is 129 Å². The van der Waals surface area contributed by atoms with Gasteiger partial charge in [0.05, 0.1) is 6.26 Å². The van der Waals surface area contributed by atoms with E-state index in [-0.39, 0.29) is 5.91 Å². The molecule has 4 rings (SSSR count). The van der Waals surface area contributed by atoms with Gasteiger partial charge in [0.25, 0.3) is 5.91 Å².